The van der Waals surface area contributed by atoms with Crippen molar-refractivity contribution in [3.63, 3.8) is 0 Å². The molecule has 4 heterocycles. The molecule has 1 unspecified atom stereocenters. The van der Waals surface area contributed by atoms with E-state index in [9.17, 15) is 24.6 Å². The number of aliphatic hydroxyl groups excluding tert-OH is 1. The second-order valence-corrected chi connectivity index (χ2v) is 13.6. The number of cyclic esters (lactones) is 1. The first-order valence-electron chi connectivity index (χ1n) is 15.4. The number of hydrogen-bond acceptors (Lipinski definition) is 12. The number of likely N-dealkylation sites (N-methyl/N-ethyl adjacent to an activating group) is 2. The summed E-state index contributed by atoms with van der Waals surface area (Å²) in [6.07, 6.45) is -5.92. The number of amides is 1. The van der Waals surface area contributed by atoms with E-state index in [0.717, 1.165) is 0 Å². The highest BCUT2D eigenvalue weighted by Crippen LogP contribution is 2.39. The second-order valence-electron chi connectivity index (χ2n) is 13.6. The fourth-order valence-corrected chi connectivity index (χ4v) is 7.35. The molecule has 0 aromatic carbocycles. The average Bonchev–Trinajstić information content (AvgIpc) is 3.36. The molecule has 0 bridgehead atoms. The van der Waals surface area contributed by atoms with Gasteiger partial charge in [-0.3, -0.25) is 4.79 Å². The summed E-state index contributed by atoms with van der Waals surface area (Å²) in [4.78, 5) is 41.6. The van der Waals surface area contributed by atoms with Crippen molar-refractivity contribution in [3.05, 3.63) is 0 Å². The molecule has 0 spiro atoms. The van der Waals surface area contributed by atoms with Crippen LogP contribution in [-0.2, 0) is 33.2 Å². The van der Waals surface area contributed by atoms with Crippen molar-refractivity contribution in [3.8, 4) is 0 Å². The largest absolute Gasteiger partial charge is 0.509 e. The molecular formula is C30H50N2O11. The number of aliphatic hydroxyl groups is 2. The molecule has 4 aliphatic heterocycles. The molecule has 43 heavy (non-hydrogen) atoms. The Bertz CT molecular complexity index is 1040. The van der Waals surface area contributed by atoms with Crippen LogP contribution >= 0.6 is 0 Å². The van der Waals surface area contributed by atoms with Gasteiger partial charge in [-0.2, -0.15) is 0 Å². The Morgan fingerprint density at radius 1 is 1.02 bits per heavy atom. The van der Waals surface area contributed by atoms with Gasteiger partial charge in [-0.05, 0) is 59.9 Å². The molecule has 4 rings (SSSR count). The number of ether oxygens (including phenoxy) is 6. The summed E-state index contributed by atoms with van der Waals surface area (Å²) >= 11 is 0. The summed E-state index contributed by atoms with van der Waals surface area (Å²) in [7, 11) is 3.55. The van der Waals surface area contributed by atoms with Crippen LogP contribution in [0.25, 0.3) is 0 Å². The summed E-state index contributed by atoms with van der Waals surface area (Å²) in [5.41, 5.74) is -2.73. The van der Waals surface area contributed by atoms with Gasteiger partial charge in [0.25, 0.3) is 0 Å². The van der Waals surface area contributed by atoms with Crippen molar-refractivity contribution in [1.82, 2.24) is 9.80 Å². The molecular weight excluding hydrogens is 564 g/mol. The third-order valence-corrected chi connectivity index (χ3v) is 9.72. The molecule has 2 N–H and O–H groups in total. The number of carbonyl (C=O) groups excluding carboxylic acids is 3. The van der Waals surface area contributed by atoms with Gasteiger partial charge >= 0.3 is 18.2 Å². The van der Waals surface area contributed by atoms with Crippen molar-refractivity contribution < 1.29 is 53.0 Å². The first-order valence-corrected chi connectivity index (χ1v) is 15.4. The molecule has 0 aromatic rings. The summed E-state index contributed by atoms with van der Waals surface area (Å²) in [5.74, 6) is -2.56. The standard InChI is InChI=1S/C30H50N2O11/c1-10-20-30(7)21(40-28(36)43-30)14-31(8)13-15(2)12-29(6,37)24(17(4)22(33)18(5)25(34)39-20)42-26-23-19(11-16(3)38-26)32(9)27(35)41-23/h15-24,26,33,37H,10-14H2,1-9H3/t15-,16-,17+,18-,19+,20-,21-,22-,23-,24-,26?,29-,30-/m1/s1. The van der Waals surface area contributed by atoms with E-state index in [4.69, 9.17) is 28.4 Å². The first kappa shape index (κ1) is 33.7. The van der Waals surface area contributed by atoms with E-state index >= 15 is 0 Å². The lowest BCUT2D eigenvalue weighted by atomic mass is 9.78. The van der Waals surface area contributed by atoms with Gasteiger partial charge in [0, 0.05) is 26.1 Å². The van der Waals surface area contributed by atoms with Crippen LogP contribution in [0.3, 0.4) is 0 Å². The lowest BCUT2D eigenvalue weighted by Gasteiger charge is -2.45. The van der Waals surface area contributed by atoms with Gasteiger partial charge in [0.2, 0.25) is 0 Å². The van der Waals surface area contributed by atoms with Crippen LogP contribution in [0.2, 0.25) is 0 Å². The molecule has 13 nitrogen and oxygen atoms in total. The van der Waals surface area contributed by atoms with Crippen LogP contribution in [0.15, 0.2) is 0 Å². The van der Waals surface area contributed by atoms with Crippen LogP contribution in [0.5, 0.6) is 0 Å². The molecule has 0 aromatic heterocycles. The number of nitrogens with zero attached hydrogens (tertiary/aromatic N) is 2. The number of carbonyl (C=O) groups is 3. The van der Waals surface area contributed by atoms with Crippen LogP contribution in [0, 0.1) is 17.8 Å². The van der Waals surface area contributed by atoms with Gasteiger partial charge in [-0.15, -0.1) is 0 Å². The Morgan fingerprint density at radius 3 is 2.35 bits per heavy atom. The molecule has 13 atom stereocenters. The van der Waals surface area contributed by atoms with Gasteiger partial charge in [0.1, 0.15) is 6.10 Å². The Hall–Kier alpha value is -2.19. The zero-order valence-electron chi connectivity index (χ0n) is 26.8. The van der Waals surface area contributed by atoms with Crippen LogP contribution in [0.1, 0.15) is 67.7 Å². The molecule has 0 saturated carbocycles. The summed E-state index contributed by atoms with van der Waals surface area (Å²) in [6.45, 7) is 13.1. The maximum Gasteiger partial charge on any atom is 0.509 e. The normalized spacial score (nSPS) is 46.9. The minimum atomic E-state index is -1.50. The van der Waals surface area contributed by atoms with Gasteiger partial charge in [-0.1, -0.05) is 20.8 Å². The molecule has 4 fully saturated rings. The molecule has 0 radical (unpaired) electrons. The van der Waals surface area contributed by atoms with E-state index in [1.807, 2.05) is 32.7 Å². The second kappa shape index (κ2) is 12.7. The van der Waals surface area contributed by atoms with E-state index in [1.54, 1.807) is 34.7 Å². The summed E-state index contributed by atoms with van der Waals surface area (Å²) < 4.78 is 35.2. The fraction of sp³-hybridized carbons (Fsp3) is 0.900. The summed E-state index contributed by atoms with van der Waals surface area (Å²) in [6, 6.07) is -0.265. The van der Waals surface area contributed by atoms with E-state index in [0.29, 0.717) is 25.9 Å². The third kappa shape index (κ3) is 6.75. The lowest BCUT2D eigenvalue weighted by Crippen LogP contribution is -2.57. The van der Waals surface area contributed by atoms with Crippen LogP contribution < -0.4 is 0 Å². The Balaban J connectivity index is 1.67. The van der Waals surface area contributed by atoms with Gasteiger partial charge in [0.15, 0.2) is 24.1 Å². The molecule has 1 amide bonds. The molecule has 13 heteroatoms. The number of rotatable bonds is 3. The number of esters is 1. The quantitative estimate of drug-likeness (QED) is 0.354. The Morgan fingerprint density at radius 2 is 1.70 bits per heavy atom. The van der Waals surface area contributed by atoms with Crippen molar-refractivity contribution in [1.29, 1.82) is 0 Å². The van der Waals surface area contributed by atoms with Gasteiger partial charge in [-0.25, -0.2) is 9.59 Å². The van der Waals surface area contributed by atoms with Crippen LogP contribution in [0.4, 0.5) is 9.59 Å². The lowest BCUT2D eigenvalue weighted by molar-refractivity contribution is -0.288. The van der Waals surface area contributed by atoms with E-state index in [-0.39, 0.29) is 24.5 Å². The van der Waals surface area contributed by atoms with E-state index in [1.165, 1.54) is 4.90 Å². The summed E-state index contributed by atoms with van der Waals surface area (Å²) in [5, 5.41) is 23.6. The first-order chi connectivity index (χ1) is 20.0. The number of hydrogen-bond donors (Lipinski definition) is 2. The predicted molar refractivity (Wildman–Crippen MR) is 152 cm³/mol. The zero-order valence-corrected chi connectivity index (χ0v) is 26.8. The molecule has 246 valence electrons. The average molecular weight is 615 g/mol. The highest BCUT2D eigenvalue weighted by molar-refractivity contribution is 5.73. The Kier molecular flexibility index (Phi) is 9.92. The highest BCUT2D eigenvalue weighted by Gasteiger charge is 2.56. The Labute approximate surface area is 254 Å². The van der Waals surface area contributed by atoms with Crippen LogP contribution in [-0.4, -0.2) is 126 Å². The highest BCUT2D eigenvalue weighted by atomic mass is 16.8. The van der Waals surface area contributed by atoms with Gasteiger partial charge < -0.3 is 48.4 Å². The molecule has 4 aliphatic rings. The molecule has 0 aliphatic carbocycles. The van der Waals surface area contributed by atoms with E-state index < -0.39 is 78.1 Å². The van der Waals surface area contributed by atoms with Crippen molar-refractivity contribution in [2.45, 2.75) is 128 Å². The zero-order chi connectivity index (χ0) is 32.0. The number of fused-ring (bicyclic) bond motifs is 2. The SMILES string of the molecule is CC[C@H]1OC(=O)[C@H](C)[C@H](O)[C@H](C)[C@@H](OC2O[C@H](C)C[C@H]3[C@H]2OC(=O)N3C)[C@](C)(O)C[C@@H](C)CN(C)C[C@H]2OC(=O)O[C@@]21C. The fourth-order valence-electron chi connectivity index (χ4n) is 7.35. The third-order valence-electron chi connectivity index (χ3n) is 9.72. The predicted octanol–water partition coefficient (Wildman–Crippen LogP) is 2.30. The minimum Gasteiger partial charge on any atom is -0.458 e. The maximum atomic E-state index is 13.5. The van der Waals surface area contributed by atoms with Crippen molar-refractivity contribution in [2.75, 3.05) is 27.2 Å². The smallest absolute Gasteiger partial charge is 0.458 e. The minimum absolute atomic E-state index is 0.0727. The monoisotopic (exact) mass is 614 g/mol. The van der Waals surface area contributed by atoms with Crippen molar-refractivity contribution in [2.24, 2.45) is 17.8 Å². The molecule has 4 saturated heterocycles. The van der Waals surface area contributed by atoms with E-state index in [2.05, 4.69) is 0 Å². The van der Waals surface area contributed by atoms with Gasteiger partial charge in [0.05, 0.1) is 35.9 Å². The maximum absolute atomic E-state index is 13.5. The van der Waals surface area contributed by atoms with Crippen molar-refractivity contribution >= 4 is 18.2 Å². The topological polar surface area (TPSA) is 154 Å².